The number of hydrogen-bond acceptors (Lipinski definition) is 3. The van der Waals surface area contributed by atoms with E-state index in [9.17, 15) is 5.11 Å². The van der Waals surface area contributed by atoms with E-state index in [4.69, 9.17) is 11.6 Å². The Labute approximate surface area is 111 Å². The first kappa shape index (κ1) is 12.0. The molecule has 2 rings (SSSR count). The molecule has 0 aliphatic heterocycles. The lowest BCUT2D eigenvalue weighted by atomic mass is 10.1. The summed E-state index contributed by atoms with van der Waals surface area (Å²) in [6, 6.07) is 5.45. The van der Waals surface area contributed by atoms with Gasteiger partial charge in [-0.3, -0.25) is 4.98 Å². The average Bonchev–Trinajstić information content (AvgIpc) is 2.65. The highest BCUT2D eigenvalue weighted by atomic mass is 79.9. The Morgan fingerprint density at radius 2 is 2.25 bits per heavy atom. The molecule has 0 spiro atoms. The van der Waals surface area contributed by atoms with Crippen molar-refractivity contribution in [1.82, 2.24) is 4.98 Å². The van der Waals surface area contributed by atoms with Crippen molar-refractivity contribution in [3.05, 3.63) is 49.8 Å². The summed E-state index contributed by atoms with van der Waals surface area (Å²) in [5, 5.41) is 12.6. The van der Waals surface area contributed by atoms with Crippen molar-refractivity contribution in [3.63, 3.8) is 0 Å². The smallest absolute Gasteiger partial charge is 0.101 e. The quantitative estimate of drug-likeness (QED) is 0.933. The molecule has 0 aliphatic rings. The summed E-state index contributed by atoms with van der Waals surface area (Å²) in [6.07, 6.45) is 1.52. The van der Waals surface area contributed by atoms with E-state index >= 15 is 0 Å². The fraction of sp³-hybridized carbons (Fsp3) is 0.182. The van der Waals surface area contributed by atoms with E-state index in [2.05, 4.69) is 20.9 Å². The van der Waals surface area contributed by atoms with Gasteiger partial charge in [0.25, 0.3) is 0 Å². The number of aliphatic hydroxyl groups excluding tert-OH is 1. The standard InChI is InChI=1S/C11H9BrClNOS/c12-8-3-4-16-11(8)5-10(15)9-2-1-7(13)6-14-9/h1-4,6,10,15H,5H2. The van der Waals surface area contributed by atoms with E-state index in [0.29, 0.717) is 17.1 Å². The van der Waals surface area contributed by atoms with Crippen LogP contribution >= 0.6 is 38.9 Å². The van der Waals surface area contributed by atoms with E-state index < -0.39 is 6.10 Å². The van der Waals surface area contributed by atoms with Crippen LogP contribution in [0.2, 0.25) is 5.02 Å². The van der Waals surface area contributed by atoms with Crippen molar-refractivity contribution in [3.8, 4) is 0 Å². The zero-order valence-corrected chi connectivity index (χ0v) is 11.4. The normalized spacial score (nSPS) is 12.7. The zero-order valence-electron chi connectivity index (χ0n) is 8.23. The number of thiophene rings is 1. The highest BCUT2D eigenvalue weighted by Gasteiger charge is 2.12. The van der Waals surface area contributed by atoms with Gasteiger partial charge in [-0.25, -0.2) is 0 Å². The van der Waals surface area contributed by atoms with E-state index in [-0.39, 0.29) is 0 Å². The Bertz CT molecular complexity index is 471. The van der Waals surface area contributed by atoms with Gasteiger partial charge in [0.2, 0.25) is 0 Å². The van der Waals surface area contributed by atoms with Crippen molar-refractivity contribution in [2.45, 2.75) is 12.5 Å². The summed E-state index contributed by atoms with van der Waals surface area (Å²) in [5.41, 5.74) is 0.643. The first-order valence-electron chi connectivity index (χ1n) is 4.68. The molecule has 0 aromatic carbocycles. The number of hydrogen-bond donors (Lipinski definition) is 1. The second-order valence-electron chi connectivity index (χ2n) is 3.31. The molecule has 0 radical (unpaired) electrons. The molecule has 2 nitrogen and oxygen atoms in total. The van der Waals surface area contributed by atoms with Crippen molar-refractivity contribution in [1.29, 1.82) is 0 Å². The van der Waals surface area contributed by atoms with Crippen LogP contribution < -0.4 is 0 Å². The zero-order chi connectivity index (χ0) is 11.5. The molecule has 16 heavy (non-hydrogen) atoms. The Kier molecular flexibility index (Phi) is 3.97. The molecule has 1 atom stereocenters. The maximum Gasteiger partial charge on any atom is 0.101 e. The lowest BCUT2D eigenvalue weighted by Crippen LogP contribution is -2.03. The molecule has 0 amide bonds. The van der Waals surface area contributed by atoms with Crippen molar-refractivity contribution in [2.24, 2.45) is 0 Å². The van der Waals surface area contributed by atoms with Gasteiger partial charge >= 0.3 is 0 Å². The second-order valence-corrected chi connectivity index (χ2v) is 5.60. The third-order valence-corrected chi connectivity index (χ3v) is 4.33. The molecule has 2 aromatic heterocycles. The number of aromatic nitrogens is 1. The van der Waals surface area contributed by atoms with Gasteiger partial charge in [0.15, 0.2) is 0 Å². The van der Waals surface area contributed by atoms with Gasteiger partial charge in [0.05, 0.1) is 10.7 Å². The predicted octanol–water partition coefficient (Wildman–Crippen LogP) is 3.84. The van der Waals surface area contributed by atoms with E-state index in [1.165, 1.54) is 0 Å². The predicted molar refractivity (Wildman–Crippen MR) is 69.9 cm³/mol. The summed E-state index contributed by atoms with van der Waals surface area (Å²) in [7, 11) is 0. The number of nitrogens with zero attached hydrogens (tertiary/aromatic N) is 1. The summed E-state index contributed by atoms with van der Waals surface area (Å²) in [6.45, 7) is 0. The molecular weight excluding hydrogens is 310 g/mol. The maximum absolute atomic E-state index is 9.99. The minimum absolute atomic E-state index is 0.562. The van der Waals surface area contributed by atoms with Gasteiger partial charge in [0.1, 0.15) is 6.10 Å². The lowest BCUT2D eigenvalue weighted by Gasteiger charge is -2.09. The van der Waals surface area contributed by atoms with E-state index in [0.717, 1.165) is 9.35 Å². The SMILES string of the molecule is OC(Cc1sccc1Br)c1ccc(Cl)cn1. The second kappa shape index (κ2) is 5.27. The molecule has 0 saturated carbocycles. The van der Waals surface area contributed by atoms with Crippen molar-refractivity contribution < 1.29 is 5.11 Å². The molecule has 0 fully saturated rings. The maximum atomic E-state index is 9.99. The summed E-state index contributed by atoms with van der Waals surface area (Å²) in [5.74, 6) is 0. The molecule has 1 unspecified atom stereocenters. The fourth-order valence-electron chi connectivity index (χ4n) is 1.34. The van der Waals surface area contributed by atoms with Crippen LogP contribution in [0, 0.1) is 0 Å². The Hall–Kier alpha value is -0.420. The summed E-state index contributed by atoms with van der Waals surface area (Å²) in [4.78, 5) is 5.21. The van der Waals surface area contributed by atoms with Crippen LogP contribution in [0.4, 0.5) is 0 Å². The van der Waals surface area contributed by atoms with Crippen LogP contribution in [0.1, 0.15) is 16.7 Å². The highest BCUT2D eigenvalue weighted by Crippen LogP contribution is 2.27. The van der Waals surface area contributed by atoms with Gasteiger partial charge in [-0.1, -0.05) is 11.6 Å². The minimum atomic E-state index is -0.591. The van der Waals surface area contributed by atoms with Crippen LogP contribution in [-0.2, 0) is 6.42 Å². The molecule has 2 heterocycles. The average molecular weight is 319 g/mol. The van der Waals surface area contributed by atoms with E-state index in [1.807, 2.05) is 11.4 Å². The van der Waals surface area contributed by atoms with Crippen LogP contribution in [0.25, 0.3) is 0 Å². The monoisotopic (exact) mass is 317 g/mol. The molecule has 0 bridgehead atoms. The van der Waals surface area contributed by atoms with Gasteiger partial charge in [-0.15, -0.1) is 11.3 Å². The molecular formula is C11H9BrClNOS. The molecule has 84 valence electrons. The molecule has 0 aliphatic carbocycles. The van der Waals surface area contributed by atoms with Gasteiger partial charge in [0, 0.05) is 22.0 Å². The van der Waals surface area contributed by atoms with Crippen LogP contribution in [-0.4, -0.2) is 10.1 Å². The Morgan fingerprint density at radius 1 is 1.44 bits per heavy atom. The third-order valence-electron chi connectivity index (χ3n) is 2.16. The van der Waals surface area contributed by atoms with E-state index in [1.54, 1.807) is 29.7 Å². The highest BCUT2D eigenvalue weighted by molar-refractivity contribution is 9.10. The largest absolute Gasteiger partial charge is 0.386 e. The van der Waals surface area contributed by atoms with Crippen molar-refractivity contribution >= 4 is 38.9 Å². The number of rotatable bonds is 3. The van der Waals surface area contributed by atoms with Gasteiger partial charge in [-0.2, -0.15) is 0 Å². The number of aliphatic hydroxyl groups is 1. The number of pyridine rings is 1. The van der Waals surface area contributed by atoms with Gasteiger partial charge < -0.3 is 5.11 Å². The molecule has 0 saturated heterocycles. The number of halogens is 2. The first-order chi connectivity index (χ1) is 7.66. The Balaban J connectivity index is 2.11. The van der Waals surface area contributed by atoms with Crippen molar-refractivity contribution in [2.75, 3.05) is 0 Å². The van der Waals surface area contributed by atoms with Gasteiger partial charge in [-0.05, 0) is 39.5 Å². The lowest BCUT2D eigenvalue weighted by molar-refractivity contribution is 0.174. The molecule has 5 heteroatoms. The first-order valence-corrected chi connectivity index (χ1v) is 6.73. The molecule has 2 aromatic rings. The minimum Gasteiger partial charge on any atom is -0.386 e. The third kappa shape index (κ3) is 2.83. The Morgan fingerprint density at radius 3 is 2.81 bits per heavy atom. The van der Waals surface area contributed by atoms with Crippen LogP contribution in [0.15, 0.2) is 34.2 Å². The van der Waals surface area contributed by atoms with Crippen LogP contribution in [0.3, 0.4) is 0 Å². The van der Waals surface area contributed by atoms with Crippen LogP contribution in [0.5, 0.6) is 0 Å². The molecule has 1 N–H and O–H groups in total. The summed E-state index contributed by atoms with van der Waals surface area (Å²) >= 11 is 10.8. The summed E-state index contributed by atoms with van der Waals surface area (Å²) < 4.78 is 1.03. The topological polar surface area (TPSA) is 33.1 Å². The fourth-order valence-corrected chi connectivity index (χ4v) is 3.00.